The van der Waals surface area contributed by atoms with Gasteiger partial charge in [0.2, 0.25) is 5.91 Å². The molecule has 0 aliphatic heterocycles. The number of benzene rings is 2. The van der Waals surface area contributed by atoms with Gasteiger partial charge in [-0.15, -0.1) is 0 Å². The molecule has 0 atom stereocenters. The van der Waals surface area contributed by atoms with Gasteiger partial charge < -0.3 is 20.9 Å². The van der Waals surface area contributed by atoms with Gasteiger partial charge in [0, 0.05) is 54.7 Å². The molecule has 0 bridgehead atoms. The minimum absolute atomic E-state index is 0.0565. The van der Waals surface area contributed by atoms with Crippen molar-refractivity contribution in [3.05, 3.63) is 64.7 Å². The predicted octanol–water partition coefficient (Wildman–Crippen LogP) is 7.39. The normalized spacial score (nSPS) is 13.7. The highest BCUT2D eigenvalue weighted by Crippen LogP contribution is 2.30. The molecule has 10 heteroatoms. The fourth-order valence-electron chi connectivity index (χ4n) is 4.32. The predicted molar refractivity (Wildman–Crippen MR) is 158 cm³/mol. The van der Waals surface area contributed by atoms with Crippen molar-refractivity contribution in [2.24, 2.45) is 5.41 Å². The summed E-state index contributed by atoms with van der Waals surface area (Å²) in [6.07, 6.45) is 6.07. The fraction of sp³-hybridized carbons (Fsp3) is 0.467. The maximum absolute atomic E-state index is 13.2. The second-order valence-corrected chi connectivity index (χ2v) is 11.4. The van der Waals surface area contributed by atoms with E-state index in [0.29, 0.717) is 28.9 Å². The summed E-state index contributed by atoms with van der Waals surface area (Å²) in [5.41, 5.74) is 4.17. The SMILES string of the molecule is C=C(NC1CCCCC1)c1cc(NC(=O)c2cc(CNC(=O)C(C)(C)C)ccc2Cl)ccc1N(C)C.FC(F)F. The second-order valence-electron chi connectivity index (χ2n) is 11.0. The number of carbonyl (C=O) groups is 2. The van der Waals surface area contributed by atoms with Crippen LogP contribution in [-0.4, -0.2) is 38.6 Å². The number of nitrogens with one attached hydrogen (secondary N) is 3. The maximum atomic E-state index is 13.2. The van der Waals surface area contributed by atoms with Crippen LogP contribution >= 0.6 is 11.6 Å². The number of carbonyl (C=O) groups excluding carboxylic acids is 2. The zero-order chi connectivity index (χ0) is 30.0. The Morgan fingerprint density at radius 2 is 1.65 bits per heavy atom. The Kier molecular flexibility index (Phi) is 12.4. The highest BCUT2D eigenvalue weighted by Gasteiger charge is 2.21. The summed E-state index contributed by atoms with van der Waals surface area (Å²) in [5.74, 6) is -0.363. The highest BCUT2D eigenvalue weighted by molar-refractivity contribution is 6.34. The molecule has 1 fully saturated rings. The van der Waals surface area contributed by atoms with Crippen LogP contribution < -0.4 is 20.9 Å². The Bertz CT molecular complexity index is 1170. The maximum Gasteiger partial charge on any atom is 0.379 e. The van der Waals surface area contributed by atoms with Crippen molar-refractivity contribution in [1.29, 1.82) is 0 Å². The van der Waals surface area contributed by atoms with Crippen molar-refractivity contribution < 1.29 is 22.8 Å². The molecule has 0 radical (unpaired) electrons. The van der Waals surface area contributed by atoms with E-state index in [1.165, 1.54) is 19.3 Å². The number of rotatable bonds is 8. The van der Waals surface area contributed by atoms with Crippen LogP contribution in [0, 0.1) is 5.41 Å². The summed E-state index contributed by atoms with van der Waals surface area (Å²) in [6.45, 7) is 6.54. The summed E-state index contributed by atoms with van der Waals surface area (Å²) in [7, 11) is 3.99. The van der Waals surface area contributed by atoms with E-state index in [2.05, 4.69) is 22.5 Å². The summed E-state index contributed by atoms with van der Waals surface area (Å²) < 4.78 is 29.0. The van der Waals surface area contributed by atoms with E-state index in [9.17, 15) is 22.8 Å². The molecule has 1 aliphatic rings. The molecule has 0 saturated heterocycles. The molecule has 2 aromatic carbocycles. The van der Waals surface area contributed by atoms with Crippen molar-refractivity contribution in [1.82, 2.24) is 10.6 Å². The standard InChI is InChI=1S/C29H39ClN4O2.CHF3/c1-19(32-21-10-8-7-9-11-21)23-17-22(13-15-26(23)34(5)6)33-27(35)24-16-20(12-14-25(24)30)18-31-28(36)29(2,3)4;2-1(3)4/h12-17,21,32H,1,7-11,18H2,2-6H3,(H,31,36)(H,33,35);1H. The van der Waals surface area contributed by atoms with E-state index < -0.39 is 12.1 Å². The number of halogens is 4. The van der Waals surface area contributed by atoms with Crippen LogP contribution in [0.5, 0.6) is 0 Å². The van der Waals surface area contributed by atoms with Crippen LogP contribution in [0.3, 0.4) is 0 Å². The van der Waals surface area contributed by atoms with E-state index in [4.69, 9.17) is 11.6 Å². The Labute approximate surface area is 240 Å². The lowest BCUT2D eigenvalue weighted by Gasteiger charge is -2.27. The quantitative estimate of drug-likeness (QED) is 0.304. The number of alkyl halides is 3. The van der Waals surface area contributed by atoms with Gasteiger partial charge in [-0.05, 0) is 48.7 Å². The van der Waals surface area contributed by atoms with Gasteiger partial charge in [-0.2, -0.15) is 13.2 Å². The molecule has 2 aromatic rings. The lowest BCUT2D eigenvalue weighted by atomic mass is 9.95. The van der Waals surface area contributed by atoms with Crippen LogP contribution in [0.15, 0.2) is 43.0 Å². The minimum atomic E-state index is -3.67. The first-order chi connectivity index (χ1) is 18.7. The molecule has 3 N–H and O–H groups in total. The molecule has 0 unspecified atom stereocenters. The lowest BCUT2D eigenvalue weighted by Crippen LogP contribution is -2.34. The molecule has 0 aromatic heterocycles. The Hall–Kier alpha value is -3.20. The largest absolute Gasteiger partial charge is 0.382 e. The number of hydrogen-bond acceptors (Lipinski definition) is 4. The van der Waals surface area contributed by atoms with Crippen LogP contribution in [0.25, 0.3) is 5.70 Å². The molecule has 0 spiro atoms. The van der Waals surface area contributed by atoms with Gasteiger partial charge >= 0.3 is 6.68 Å². The summed E-state index contributed by atoms with van der Waals surface area (Å²) in [6, 6.07) is 11.5. The highest BCUT2D eigenvalue weighted by atomic mass is 35.5. The molecule has 0 heterocycles. The van der Waals surface area contributed by atoms with E-state index >= 15 is 0 Å². The second kappa shape index (κ2) is 15.0. The van der Waals surface area contributed by atoms with Crippen molar-refractivity contribution in [3.63, 3.8) is 0 Å². The van der Waals surface area contributed by atoms with Crippen molar-refractivity contribution in [2.75, 3.05) is 24.3 Å². The summed E-state index contributed by atoms with van der Waals surface area (Å²) in [4.78, 5) is 27.4. The van der Waals surface area contributed by atoms with Crippen molar-refractivity contribution in [3.8, 4) is 0 Å². The van der Waals surface area contributed by atoms with Gasteiger partial charge in [0.25, 0.3) is 5.91 Å². The molecule has 1 aliphatic carbocycles. The van der Waals surface area contributed by atoms with Gasteiger partial charge in [0.05, 0.1) is 10.6 Å². The van der Waals surface area contributed by atoms with E-state index in [0.717, 1.165) is 35.4 Å². The van der Waals surface area contributed by atoms with Gasteiger partial charge in [-0.1, -0.05) is 64.3 Å². The Balaban J connectivity index is 0.00000131. The monoisotopic (exact) mass is 580 g/mol. The first-order valence-electron chi connectivity index (χ1n) is 13.3. The third-order valence-corrected chi connectivity index (χ3v) is 6.78. The number of anilines is 2. The summed E-state index contributed by atoms with van der Waals surface area (Å²) in [5, 5.41) is 9.85. The summed E-state index contributed by atoms with van der Waals surface area (Å²) >= 11 is 6.37. The molecular weight excluding hydrogens is 541 g/mol. The minimum Gasteiger partial charge on any atom is -0.382 e. The van der Waals surface area contributed by atoms with Crippen LogP contribution in [0.1, 0.15) is 74.4 Å². The molecule has 3 rings (SSSR count). The van der Waals surface area contributed by atoms with Gasteiger partial charge in [-0.25, -0.2) is 0 Å². The van der Waals surface area contributed by atoms with E-state index in [1.54, 1.807) is 12.1 Å². The average molecular weight is 581 g/mol. The zero-order valence-corrected chi connectivity index (χ0v) is 24.6. The lowest BCUT2D eigenvalue weighted by molar-refractivity contribution is -0.128. The number of amides is 2. The van der Waals surface area contributed by atoms with Crippen molar-refractivity contribution in [2.45, 2.75) is 72.1 Å². The first kappa shape index (κ1) is 33.0. The number of hydrogen-bond donors (Lipinski definition) is 3. The first-order valence-corrected chi connectivity index (χ1v) is 13.6. The topological polar surface area (TPSA) is 73.5 Å². The van der Waals surface area contributed by atoms with Gasteiger partial charge in [-0.3, -0.25) is 9.59 Å². The Morgan fingerprint density at radius 1 is 1.02 bits per heavy atom. The van der Waals surface area contributed by atoms with Crippen molar-refractivity contribution >= 4 is 40.5 Å². The molecule has 220 valence electrons. The molecule has 2 amide bonds. The third kappa shape index (κ3) is 10.4. The molecule has 40 heavy (non-hydrogen) atoms. The molecule has 6 nitrogen and oxygen atoms in total. The molecule has 1 saturated carbocycles. The Morgan fingerprint density at radius 3 is 2.23 bits per heavy atom. The molecular formula is C30H40ClF3N4O2. The van der Waals surface area contributed by atoms with E-state index in [-0.39, 0.29) is 11.8 Å². The average Bonchev–Trinajstić information content (AvgIpc) is 2.87. The van der Waals surface area contributed by atoms with Crippen LogP contribution in [-0.2, 0) is 11.3 Å². The van der Waals surface area contributed by atoms with Gasteiger partial charge in [0.1, 0.15) is 0 Å². The number of nitrogens with zero attached hydrogens (tertiary/aromatic N) is 1. The third-order valence-electron chi connectivity index (χ3n) is 6.45. The fourth-order valence-corrected chi connectivity index (χ4v) is 4.52. The zero-order valence-electron chi connectivity index (χ0n) is 23.8. The van der Waals surface area contributed by atoms with Crippen LogP contribution in [0.4, 0.5) is 24.5 Å². The van der Waals surface area contributed by atoms with E-state index in [1.807, 2.05) is 64.0 Å². The smallest absolute Gasteiger partial charge is 0.379 e. The van der Waals surface area contributed by atoms with Crippen LogP contribution in [0.2, 0.25) is 5.02 Å². The van der Waals surface area contributed by atoms with Gasteiger partial charge in [0.15, 0.2) is 0 Å².